The Kier molecular flexibility index (Phi) is 7.03. The lowest BCUT2D eigenvalue weighted by atomic mass is 10.1. The lowest BCUT2D eigenvalue weighted by Gasteiger charge is -2.23. The van der Waals surface area contributed by atoms with Gasteiger partial charge >= 0.3 is 0 Å². The molecule has 0 aliphatic rings. The smallest absolute Gasteiger partial charge is 0.223 e. The maximum absolute atomic E-state index is 12.9. The van der Waals surface area contributed by atoms with E-state index in [0.717, 1.165) is 15.6 Å². The zero-order valence-corrected chi connectivity index (χ0v) is 16.9. The molecule has 3 rings (SSSR count). The van der Waals surface area contributed by atoms with Crippen LogP contribution in [0.1, 0.15) is 34.3 Å². The largest absolute Gasteiger partial charge is 0.334 e. The van der Waals surface area contributed by atoms with E-state index in [4.69, 9.17) is 0 Å². The van der Waals surface area contributed by atoms with Crippen LogP contribution in [0.2, 0.25) is 0 Å². The van der Waals surface area contributed by atoms with Crippen LogP contribution in [0.5, 0.6) is 0 Å². The van der Waals surface area contributed by atoms with Crippen LogP contribution >= 0.6 is 15.9 Å². The van der Waals surface area contributed by atoms with Crippen molar-refractivity contribution in [2.45, 2.75) is 25.9 Å². The molecule has 0 unspecified atom stereocenters. The van der Waals surface area contributed by atoms with Crippen LogP contribution in [-0.2, 0) is 17.9 Å². The van der Waals surface area contributed by atoms with E-state index in [-0.39, 0.29) is 24.5 Å². The van der Waals surface area contributed by atoms with Gasteiger partial charge in [0.1, 0.15) is 0 Å². The molecule has 28 heavy (non-hydrogen) atoms. The number of benzene rings is 1. The number of pyridine rings is 2. The number of nitrogens with zero attached hydrogens (tertiary/aromatic N) is 3. The Balaban J connectivity index is 1.66. The van der Waals surface area contributed by atoms with E-state index >= 15 is 0 Å². The summed E-state index contributed by atoms with van der Waals surface area (Å²) in [5.74, 6) is -0.0998. The predicted molar refractivity (Wildman–Crippen MR) is 110 cm³/mol. The Labute approximate surface area is 172 Å². The van der Waals surface area contributed by atoms with E-state index in [9.17, 15) is 9.59 Å². The summed E-state index contributed by atoms with van der Waals surface area (Å²) in [4.78, 5) is 35.2. The molecule has 0 atom stereocenters. The minimum Gasteiger partial charge on any atom is -0.334 e. The maximum atomic E-state index is 12.9. The third-order valence-corrected chi connectivity index (χ3v) is 4.83. The zero-order valence-electron chi connectivity index (χ0n) is 15.3. The quantitative estimate of drug-likeness (QED) is 0.488. The SMILES string of the molecule is O=C(CCC(=O)N(Cc1ccncc1)Cc1cccnc1)c1ccc(Br)cc1. The number of amides is 1. The Morgan fingerprint density at radius 3 is 2.21 bits per heavy atom. The van der Waals surface area contributed by atoms with Gasteiger partial charge in [-0.1, -0.05) is 34.1 Å². The number of hydrogen-bond acceptors (Lipinski definition) is 4. The second kappa shape index (κ2) is 9.90. The molecule has 2 aromatic heterocycles. The standard InChI is InChI=1S/C22H20BrN3O2/c23-20-5-3-19(4-6-20)21(27)7-8-22(28)26(15-17-9-12-24-13-10-17)16-18-2-1-11-25-14-18/h1-6,9-14H,7-8,15-16H2. The van der Waals surface area contributed by atoms with Crippen molar-refractivity contribution in [3.8, 4) is 0 Å². The first-order valence-corrected chi connectivity index (χ1v) is 9.75. The van der Waals surface area contributed by atoms with Gasteiger partial charge in [0.15, 0.2) is 5.78 Å². The topological polar surface area (TPSA) is 63.2 Å². The van der Waals surface area contributed by atoms with E-state index in [1.807, 2.05) is 36.4 Å². The van der Waals surface area contributed by atoms with Crippen LogP contribution in [0.25, 0.3) is 0 Å². The van der Waals surface area contributed by atoms with Gasteiger partial charge in [0.25, 0.3) is 0 Å². The summed E-state index contributed by atoms with van der Waals surface area (Å²) in [6, 6.07) is 14.7. The predicted octanol–water partition coefficient (Wildman–Crippen LogP) is 4.43. The van der Waals surface area contributed by atoms with Gasteiger partial charge in [-0.2, -0.15) is 0 Å². The first kappa shape index (κ1) is 19.9. The number of rotatable bonds is 8. The lowest BCUT2D eigenvalue weighted by Crippen LogP contribution is -2.30. The van der Waals surface area contributed by atoms with Crippen molar-refractivity contribution in [1.82, 2.24) is 14.9 Å². The molecule has 0 saturated heterocycles. The molecule has 6 heteroatoms. The van der Waals surface area contributed by atoms with Gasteiger partial charge in [0, 0.05) is 60.8 Å². The van der Waals surface area contributed by atoms with Gasteiger partial charge in [-0.3, -0.25) is 19.6 Å². The van der Waals surface area contributed by atoms with Crippen molar-refractivity contribution >= 4 is 27.6 Å². The second-order valence-electron chi connectivity index (χ2n) is 6.40. The molecule has 0 aliphatic carbocycles. The highest BCUT2D eigenvalue weighted by Crippen LogP contribution is 2.15. The summed E-state index contributed by atoms with van der Waals surface area (Å²) in [6.45, 7) is 0.907. The van der Waals surface area contributed by atoms with Crippen LogP contribution in [0.15, 0.2) is 77.8 Å². The Hall–Kier alpha value is -2.86. The number of aromatic nitrogens is 2. The van der Waals surface area contributed by atoms with Crippen LogP contribution < -0.4 is 0 Å². The fourth-order valence-corrected chi connectivity index (χ4v) is 3.08. The summed E-state index contributed by atoms with van der Waals surface area (Å²) in [5, 5.41) is 0. The number of ketones is 1. The average Bonchev–Trinajstić information content (AvgIpc) is 2.73. The highest BCUT2D eigenvalue weighted by Gasteiger charge is 2.17. The summed E-state index contributed by atoms with van der Waals surface area (Å²) in [6.07, 6.45) is 7.22. The number of Topliss-reactive ketones (excluding diaryl/α,β-unsaturated/α-hetero) is 1. The molecule has 1 aromatic carbocycles. The summed E-state index contributed by atoms with van der Waals surface area (Å²) < 4.78 is 0.917. The van der Waals surface area contributed by atoms with Crippen molar-refractivity contribution in [2.24, 2.45) is 0 Å². The van der Waals surface area contributed by atoms with Gasteiger partial charge in [-0.15, -0.1) is 0 Å². The van der Waals surface area contributed by atoms with E-state index in [0.29, 0.717) is 18.7 Å². The highest BCUT2D eigenvalue weighted by atomic mass is 79.9. The average molecular weight is 438 g/mol. The first-order valence-electron chi connectivity index (χ1n) is 8.96. The molecular formula is C22H20BrN3O2. The van der Waals surface area contributed by atoms with Crippen molar-refractivity contribution in [2.75, 3.05) is 0 Å². The van der Waals surface area contributed by atoms with Crippen LogP contribution in [-0.4, -0.2) is 26.6 Å². The molecule has 2 heterocycles. The summed E-state index contributed by atoms with van der Waals surface area (Å²) >= 11 is 3.36. The van der Waals surface area contributed by atoms with Crippen LogP contribution in [0.4, 0.5) is 0 Å². The van der Waals surface area contributed by atoms with Crippen molar-refractivity contribution < 1.29 is 9.59 Å². The van der Waals surface area contributed by atoms with E-state index in [2.05, 4.69) is 25.9 Å². The number of hydrogen-bond donors (Lipinski definition) is 0. The van der Waals surface area contributed by atoms with Crippen molar-refractivity contribution in [1.29, 1.82) is 0 Å². The molecule has 0 saturated carbocycles. The first-order chi connectivity index (χ1) is 13.6. The molecule has 0 radical (unpaired) electrons. The maximum Gasteiger partial charge on any atom is 0.223 e. The number of carbonyl (C=O) groups excluding carboxylic acids is 2. The molecular weight excluding hydrogens is 418 g/mol. The van der Waals surface area contributed by atoms with E-state index in [1.165, 1.54) is 0 Å². The molecule has 0 fully saturated rings. The zero-order chi connectivity index (χ0) is 19.8. The van der Waals surface area contributed by atoms with Gasteiger partial charge in [-0.05, 0) is 41.5 Å². The third kappa shape index (κ3) is 5.82. The minimum atomic E-state index is -0.0638. The highest BCUT2D eigenvalue weighted by molar-refractivity contribution is 9.10. The third-order valence-electron chi connectivity index (χ3n) is 4.30. The van der Waals surface area contributed by atoms with E-state index < -0.39 is 0 Å². The molecule has 142 valence electrons. The van der Waals surface area contributed by atoms with Gasteiger partial charge in [0.05, 0.1) is 0 Å². The molecule has 5 nitrogen and oxygen atoms in total. The van der Waals surface area contributed by atoms with E-state index in [1.54, 1.807) is 41.8 Å². The lowest BCUT2D eigenvalue weighted by molar-refractivity contribution is -0.132. The van der Waals surface area contributed by atoms with Gasteiger partial charge in [0.2, 0.25) is 5.91 Å². The molecule has 0 aliphatic heterocycles. The molecule has 0 bridgehead atoms. The molecule has 0 N–H and O–H groups in total. The normalized spacial score (nSPS) is 10.5. The Morgan fingerprint density at radius 1 is 0.821 bits per heavy atom. The van der Waals surface area contributed by atoms with Gasteiger partial charge in [-0.25, -0.2) is 0 Å². The minimum absolute atomic E-state index is 0.0360. The molecule has 0 spiro atoms. The monoisotopic (exact) mass is 437 g/mol. The number of halogens is 1. The van der Waals surface area contributed by atoms with Gasteiger partial charge < -0.3 is 4.90 Å². The molecule has 1 amide bonds. The van der Waals surface area contributed by atoms with Crippen molar-refractivity contribution in [3.63, 3.8) is 0 Å². The van der Waals surface area contributed by atoms with Crippen LogP contribution in [0, 0.1) is 0 Å². The van der Waals surface area contributed by atoms with Crippen molar-refractivity contribution in [3.05, 3.63) is 94.5 Å². The summed E-state index contributed by atoms with van der Waals surface area (Å²) in [5.41, 5.74) is 2.56. The Bertz CT molecular complexity index is 874. The summed E-state index contributed by atoms with van der Waals surface area (Å²) in [7, 11) is 0. The fourth-order valence-electron chi connectivity index (χ4n) is 2.81. The Morgan fingerprint density at radius 2 is 1.54 bits per heavy atom. The number of carbonyl (C=O) groups is 2. The second-order valence-corrected chi connectivity index (χ2v) is 7.31. The van der Waals surface area contributed by atoms with Crippen LogP contribution in [0.3, 0.4) is 0 Å². The fraction of sp³-hybridized carbons (Fsp3) is 0.182. The molecule has 3 aromatic rings.